The number of carbonyl (C=O) groups excluding carboxylic acids is 1. The lowest BCUT2D eigenvalue weighted by Crippen LogP contribution is -2.52. The van der Waals surface area contributed by atoms with E-state index < -0.39 is 35.1 Å². The molecule has 2 heterocycles. The highest BCUT2D eigenvalue weighted by molar-refractivity contribution is 5.77. The molecule has 0 saturated heterocycles. The lowest BCUT2D eigenvalue weighted by atomic mass is 9.71. The second-order valence-electron chi connectivity index (χ2n) is 9.97. The van der Waals surface area contributed by atoms with Crippen LogP contribution in [0.2, 0.25) is 0 Å². The molecule has 0 unspecified atom stereocenters. The van der Waals surface area contributed by atoms with Crippen molar-refractivity contribution in [1.82, 2.24) is 4.98 Å². The van der Waals surface area contributed by atoms with Crippen LogP contribution in [0.25, 0.3) is 0 Å². The predicted molar refractivity (Wildman–Crippen MR) is 143 cm³/mol. The number of hydrogen-bond donors (Lipinski definition) is 2. The van der Waals surface area contributed by atoms with Gasteiger partial charge < -0.3 is 24.4 Å². The van der Waals surface area contributed by atoms with Gasteiger partial charge in [0.1, 0.15) is 29.9 Å². The summed E-state index contributed by atoms with van der Waals surface area (Å²) in [5, 5.41) is 33.8. The summed E-state index contributed by atoms with van der Waals surface area (Å²) in [6.45, 7) is 0.298. The molecular formula is C32H26N2O6. The average molecular weight is 535 g/mol. The standard InChI is InChI=1S/C32H26N2O6/c1-38-30(36)26-27(22-10-6-3-7-11-22)32(23-14-12-20(17-33)13-15-23)31(37,29(26)35)28-25(40-32)16-24(18-34-28)39-19-21-8-4-2-5-9-21/h2-16,18,26-27,29,35,37H,19H2,1H3/t26-,27-,29-,31+,32+/m1/s1. The lowest BCUT2D eigenvalue weighted by molar-refractivity contribution is -0.162. The number of rotatable bonds is 6. The molecule has 0 spiro atoms. The first-order valence-corrected chi connectivity index (χ1v) is 12.8. The molecule has 1 aliphatic heterocycles. The zero-order chi connectivity index (χ0) is 27.9. The largest absolute Gasteiger partial charge is 0.487 e. The number of nitriles is 1. The molecule has 1 aliphatic carbocycles. The van der Waals surface area contributed by atoms with Gasteiger partial charge in [-0.25, -0.2) is 0 Å². The molecule has 3 aromatic carbocycles. The zero-order valence-electron chi connectivity index (χ0n) is 21.6. The molecule has 0 amide bonds. The Kier molecular flexibility index (Phi) is 6.26. The third-order valence-electron chi connectivity index (χ3n) is 7.91. The van der Waals surface area contributed by atoms with Crippen LogP contribution < -0.4 is 9.47 Å². The van der Waals surface area contributed by atoms with Crippen molar-refractivity contribution in [2.45, 2.75) is 29.8 Å². The van der Waals surface area contributed by atoms with E-state index in [1.807, 2.05) is 60.7 Å². The summed E-state index contributed by atoms with van der Waals surface area (Å²) < 4.78 is 17.8. The Morgan fingerprint density at radius 1 is 1.05 bits per heavy atom. The summed E-state index contributed by atoms with van der Waals surface area (Å²) in [5.74, 6) is -2.11. The monoisotopic (exact) mass is 534 g/mol. The van der Waals surface area contributed by atoms with Crippen LogP contribution in [0, 0.1) is 17.2 Å². The van der Waals surface area contributed by atoms with Crippen LogP contribution in [0.15, 0.2) is 97.2 Å². The van der Waals surface area contributed by atoms with Gasteiger partial charge in [-0.05, 0) is 28.8 Å². The van der Waals surface area contributed by atoms with Crippen LogP contribution in [0.5, 0.6) is 11.5 Å². The number of ether oxygens (including phenoxy) is 3. The summed E-state index contributed by atoms with van der Waals surface area (Å²) in [4.78, 5) is 17.7. The van der Waals surface area contributed by atoms with Crippen molar-refractivity contribution >= 4 is 5.97 Å². The molecule has 2 aliphatic rings. The topological polar surface area (TPSA) is 122 Å². The number of hydrogen-bond acceptors (Lipinski definition) is 8. The number of methoxy groups -OCH3 is 1. The fraction of sp³-hybridized carbons (Fsp3) is 0.219. The molecule has 8 nitrogen and oxygen atoms in total. The maximum atomic E-state index is 13.2. The van der Waals surface area contributed by atoms with E-state index >= 15 is 0 Å². The van der Waals surface area contributed by atoms with Crippen molar-refractivity contribution < 1.29 is 29.2 Å². The van der Waals surface area contributed by atoms with Gasteiger partial charge in [-0.15, -0.1) is 0 Å². The van der Waals surface area contributed by atoms with Crippen molar-refractivity contribution in [2.24, 2.45) is 5.92 Å². The van der Waals surface area contributed by atoms with Gasteiger partial charge in [0, 0.05) is 12.0 Å². The van der Waals surface area contributed by atoms with E-state index in [0.717, 1.165) is 5.56 Å². The average Bonchev–Trinajstić information content (AvgIpc) is 3.38. The quantitative estimate of drug-likeness (QED) is 0.357. The number of nitrogens with zero attached hydrogens (tertiary/aromatic N) is 2. The normalized spacial score (nSPS) is 26.2. The van der Waals surface area contributed by atoms with E-state index in [-0.39, 0.29) is 11.4 Å². The van der Waals surface area contributed by atoms with E-state index in [4.69, 9.17) is 14.2 Å². The van der Waals surface area contributed by atoms with Crippen molar-refractivity contribution in [2.75, 3.05) is 7.11 Å². The summed E-state index contributed by atoms with van der Waals surface area (Å²) in [7, 11) is 1.24. The highest BCUT2D eigenvalue weighted by Gasteiger charge is 2.78. The SMILES string of the molecule is COC(=O)[C@H]1[C@@H](O)[C@@]2(O)c3ncc(OCc4ccccc4)cc3O[C@@]2(c2ccc(C#N)cc2)[C@@H]1c1ccccc1. The number of benzene rings is 3. The predicted octanol–water partition coefficient (Wildman–Crippen LogP) is 3.96. The molecular weight excluding hydrogens is 508 g/mol. The minimum absolute atomic E-state index is 0.0868. The second-order valence-corrected chi connectivity index (χ2v) is 9.97. The summed E-state index contributed by atoms with van der Waals surface area (Å²) in [6, 6.07) is 29.0. The van der Waals surface area contributed by atoms with Crippen LogP contribution in [0.1, 0.15) is 33.9 Å². The third kappa shape index (κ3) is 3.67. The van der Waals surface area contributed by atoms with Gasteiger partial charge in [-0.1, -0.05) is 72.8 Å². The Labute approximate surface area is 231 Å². The Morgan fingerprint density at radius 3 is 2.38 bits per heavy atom. The molecule has 2 N–H and O–H groups in total. The molecule has 40 heavy (non-hydrogen) atoms. The second kappa shape index (κ2) is 9.79. The molecule has 5 atom stereocenters. The molecule has 1 fully saturated rings. The molecule has 200 valence electrons. The van der Waals surface area contributed by atoms with Gasteiger partial charge in [0.15, 0.2) is 11.2 Å². The van der Waals surface area contributed by atoms with E-state index in [0.29, 0.717) is 29.0 Å². The van der Waals surface area contributed by atoms with Crippen molar-refractivity contribution in [3.05, 3.63) is 125 Å². The minimum atomic E-state index is -2.15. The Hall–Kier alpha value is -4.71. The molecule has 8 heteroatoms. The molecule has 0 bridgehead atoms. The molecule has 4 aromatic rings. The van der Waals surface area contributed by atoms with Gasteiger partial charge in [0.2, 0.25) is 0 Å². The molecule has 1 saturated carbocycles. The first-order valence-electron chi connectivity index (χ1n) is 12.8. The smallest absolute Gasteiger partial charge is 0.312 e. The van der Waals surface area contributed by atoms with Crippen molar-refractivity contribution in [1.29, 1.82) is 5.26 Å². The third-order valence-corrected chi connectivity index (χ3v) is 7.91. The Morgan fingerprint density at radius 2 is 1.73 bits per heavy atom. The van der Waals surface area contributed by atoms with E-state index in [1.165, 1.54) is 13.3 Å². The number of esters is 1. The fourth-order valence-electron chi connectivity index (χ4n) is 6.15. The van der Waals surface area contributed by atoms with Gasteiger partial charge in [-0.3, -0.25) is 9.78 Å². The number of aromatic nitrogens is 1. The Balaban J connectivity index is 1.53. The zero-order valence-corrected chi connectivity index (χ0v) is 21.6. The van der Waals surface area contributed by atoms with Crippen LogP contribution in [-0.4, -0.2) is 34.4 Å². The molecule has 0 radical (unpaired) electrons. The molecule has 6 rings (SSSR count). The fourth-order valence-corrected chi connectivity index (χ4v) is 6.15. The first-order chi connectivity index (χ1) is 19.4. The summed E-state index contributed by atoms with van der Waals surface area (Å²) >= 11 is 0. The number of pyridine rings is 1. The van der Waals surface area contributed by atoms with Crippen LogP contribution in [0.3, 0.4) is 0 Å². The van der Waals surface area contributed by atoms with Crippen LogP contribution >= 0.6 is 0 Å². The van der Waals surface area contributed by atoms with Crippen molar-refractivity contribution in [3.63, 3.8) is 0 Å². The maximum absolute atomic E-state index is 13.2. The Bertz CT molecular complexity index is 1590. The summed E-state index contributed by atoms with van der Waals surface area (Å²) in [5.41, 5.74) is -1.24. The number of aliphatic hydroxyl groups excluding tert-OH is 1. The highest BCUT2D eigenvalue weighted by atomic mass is 16.5. The van der Waals surface area contributed by atoms with E-state index in [1.54, 1.807) is 30.3 Å². The minimum Gasteiger partial charge on any atom is -0.487 e. The van der Waals surface area contributed by atoms with Crippen LogP contribution in [0.4, 0.5) is 0 Å². The van der Waals surface area contributed by atoms with Gasteiger partial charge in [0.05, 0.1) is 30.9 Å². The lowest BCUT2D eigenvalue weighted by Gasteiger charge is -2.40. The van der Waals surface area contributed by atoms with E-state index in [2.05, 4.69) is 11.1 Å². The van der Waals surface area contributed by atoms with E-state index in [9.17, 15) is 20.3 Å². The highest BCUT2D eigenvalue weighted by Crippen LogP contribution is 2.68. The number of fused-ring (bicyclic) bond motifs is 3. The molecule has 1 aromatic heterocycles. The maximum Gasteiger partial charge on any atom is 0.312 e. The van der Waals surface area contributed by atoms with Crippen LogP contribution in [-0.2, 0) is 27.3 Å². The number of carbonyl (C=O) groups is 1. The van der Waals surface area contributed by atoms with Crippen molar-refractivity contribution in [3.8, 4) is 17.6 Å². The summed E-state index contributed by atoms with van der Waals surface area (Å²) in [6.07, 6.45) is -0.168. The van der Waals surface area contributed by atoms with Gasteiger partial charge in [-0.2, -0.15) is 5.26 Å². The van der Waals surface area contributed by atoms with Gasteiger partial charge >= 0.3 is 5.97 Å². The van der Waals surface area contributed by atoms with Gasteiger partial charge in [0.25, 0.3) is 0 Å². The first kappa shape index (κ1) is 25.6. The number of aliphatic hydroxyl groups is 2.